The van der Waals surface area contributed by atoms with Crippen molar-refractivity contribution in [2.24, 2.45) is 5.92 Å². The smallest absolute Gasteiger partial charge is 0.313 e. The molecule has 5 heteroatoms. The van der Waals surface area contributed by atoms with Crippen molar-refractivity contribution in [1.82, 2.24) is 0 Å². The Kier molecular flexibility index (Phi) is 8.88. The first-order valence-corrected chi connectivity index (χ1v) is 6.28. The minimum atomic E-state index is -0.628. The Balaban J connectivity index is 3.47. The van der Waals surface area contributed by atoms with E-state index in [0.717, 1.165) is 12.8 Å². The van der Waals surface area contributed by atoms with Crippen LogP contribution in [0, 0.1) is 5.92 Å². The molecule has 0 aromatic rings. The molecule has 18 heavy (non-hydrogen) atoms. The van der Waals surface area contributed by atoms with Crippen LogP contribution in [-0.4, -0.2) is 24.5 Å². The standard InChI is InChI=1S/C13H22O5/c1-10(2)6-5-9-17-12(15)7-4-8-13(16)18-11(3)14/h10H,4-9H2,1-3H3. The fourth-order valence-electron chi connectivity index (χ4n) is 1.34. The van der Waals surface area contributed by atoms with Gasteiger partial charge in [0.2, 0.25) is 0 Å². The highest BCUT2D eigenvalue weighted by molar-refractivity contribution is 5.84. The number of carbonyl (C=O) groups is 3. The summed E-state index contributed by atoms with van der Waals surface area (Å²) >= 11 is 0. The normalized spacial score (nSPS) is 10.2. The van der Waals surface area contributed by atoms with Crippen LogP contribution in [0.1, 0.15) is 52.9 Å². The lowest BCUT2D eigenvalue weighted by atomic mass is 10.1. The maximum Gasteiger partial charge on any atom is 0.313 e. The highest BCUT2D eigenvalue weighted by Crippen LogP contribution is 2.05. The molecule has 0 aliphatic heterocycles. The lowest BCUT2D eigenvalue weighted by Crippen LogP contribution is -2.11. The third-order valence-corrected chi connectivity index (χ3v) is 2.21. The van der Waals surface area contributed by atoms with Gasteiger partial charge in [0, 0.05) is 19.8 Å². The van der Waals surface area contributed by atoms with Gasteiger partial charge in [-0.05, 0) is 25.2 Å². The van der Waals surface area contributed by atoms with Gasteiger partial charge >= 0.3 is 17.9 Å². The van der Waals surface area contributed by atoms with Crippen molar-refractivity contribution in [2.75, 3.05) is 6.61 Å². The van der Waals surface area contributed by atoms with E-state index in [9.17, 15) is 14.4 Å². The number of hydrogen-bond acceptors (Lipinski definition) is 5. The zero-order valence-corrected chi connectivity index (χ0v) is 11.4. The van der Waals surface area contributed by atoms with Gasteiger partial charge in [-0.15, -0.1) is 0 Å². The Morgan fingerprint density at radius 3 is 2.17 bits per heavy atom. The summed E-state index contributed by atoms with van der Waals surface area (Å²) in [6.45, 7) is 5.82. The van der Waals surface area contributed by atoms with Crippen LogP contribution in [0.3, 0.4) is 0 Å². The summed E-state index contributed by atoms with van der Waals surface area (Å²) in [5.41, 5.74) is 0. The fraction of sp³-hybridized carbons (Fsp3) is 0.769. The van der Waals surface area contributed by atoms with E-state index in [2.05, 4.69) is 18.6 Å². The predicted octanol–water partition coefficient (Wildman–Crippen LogP) is 2.23. The molecule has 5 nitrogen and oxygen atoms in total. The maximum absolute atomic E-state index is 11.3. The molecule has 0 amide bonds. The zero-order valence-electron chi connectivity index (χ0n) is 11.4. The van der Waals surface area contributed by atoms with Gasteiger partial charge in [0.25, 0.3) is 0 Å². The Morgan fingerprint density at radius 1 is 1.00 bits per heavy atom. The summed E-state index contributed by atoms with van der Waals surface area (Å²) in [5.74, 6) is -0.939. The summed E-state index contributed by atoms with van der Waals surface area (Å²) in [6.07, 6.45) is 2.46. The average Bonchev–Trinajstić information content (AvgIpc) is 2.23. The molecule has 0 N–H and O–H groups in total. The molecule has 0 aromatic carbocycles. The van der Waals surface area contributed by atoms with Crippen molar-refractivity contribution in [3.8, 4) is 0 Å². The van der Waals surface area contributed by atoms with Gasteiger partial charge in [0.1, 0.15) is 0 Å². The van der Waals surface area contributed by atoms with Gasteiger partial charge < -0.3 is 9.47 Å². The molecule has 0 atom stereocenters. The van der Waals surface area contributed by atoms with Crippen molar-refractivity contribution >= 4 is 17.9 Å². The molecule has 0 fully saturated rings. The molecule has 0 aliphatic rings. The van der Waals surface area contributed by atoms with Crippen LogP contribution in [0.2, 0.25) is 0 Å². The SMILES string of the molecule is CC(=O)OC(=O)CCCC(=O)OCCCC(C)C. The van der Waals surface area contributed by atoms with Crippen LogP contribution in [-0.2, 0) is 23.9 Å². The molecule has 0 aromatic heterocycles. The number of rotatable bonds is 8. The van der Waals surface area contributed by atoms with Crippen molar-refractivity contribution in [3.63, 3.8) is 0 Å². The van der Waals surface area contributed by atoms with Gasteiger partial charge in [-0.25, -0.2) is 0 Å². The van der Waals surface area contributed by atoms with Crippen molar-refractivity contribution in [3.05, 3.63) is 0 Å². The lowest BCUT2D eigenvalue weighted by Gasteiger charge is -2.06. The van der Waals surface area contributed by atoms with Gasteiger partial charge in [-0.2, -0.15) is 0 Å². The molecule has 0 saturated carbocycles. The highest BCUT2D eigenvalue weighted by Gasteiger charge is 2.08. The van der Waals surface area contributed by atoms with E-state index >= 15 is 0 Å². The van der Waals surface area contributed by atoms with E-state index < -0.39 is 11.9 Å². The number of hydrogen-bond donors (Lipinski definition) is 0. The molecule has 0 spiro atoms. The first-order valence-electron chi connectivity index (χ1n) is 6.28. The number of esters is 3. The van der Waals surface area contributed by atoms with Gasteiger partial charge in [0.15, 0.2) is 0 Å². The van der Waals surface area contributed by atoms with E-state index in [0.29, 0.717) is 18.9 Å². The molecule has 0 saturated heterocycles. The largest absolute Gasteiger partial charge is 0.466 e. The maximum atomic E-state index is 11.3. The van der Waals surface area contributed by atoms with Crippen molar-refractivity contribution < 1.29 is 23.9 Å². The first-order chi connectivity index (χ1) is 8.41. The summed E-state index contributed by atoms with van der Waals surface area (Å²) < 4.78 is 9.32. The molecule has 0 heterocycles. The Hall–Kier alpha value is -1.39. The average molecular weight is 258 g/mol. The van der Waals surface area contributed by atoms with Crippen LogP contribution >= 0.6 is 0 Å². The second-order valence-corrected chi connectivity index (χ2v) is 4.58. The Labute approximate surface area is 108 Å². The van der Waals surface area contributed by atoms with E-state index in [4.69, 9.17) is 4.74 Å². The number of ether oxygens (including phenoxy) is 2. The van der Waals surface area contributed by atoms with Crippen LogP contribution in [0.4, 0.5) is 0 Å². The third kappa shape index (κ3) is 11.1. The second-order valence-electron chi connectivity index (χ2n) is 4.58. The molecular weight excluding hydrogens is 236 g/mol. The van der Waals surface area contributed by atoms with E-state index in [1.807, 2.05) is 0 Å². The minimum absolute atomic E-state index is 0.0562. The summed E-state index contributed by atoms with van der Waals surface area (Å²) in [6, 6.07) is 0. The van der Waals surface area contributed by atoms with Gasteiger partial charge in [0.05, 0.1) is 6.61 Å². The molecule has 0 unspecified atom stereocenters. The molecule has 0 rings (SSSR count). The quantitative estimate of drug-likeness (QED) is 0.379. The summed E-state index contributed by atoms with van der Waals surface area (Å²) in [4.78, 5) is 32.7. The first kappa shape index (κ1) is 16.6. The second kappa shape index (κ2) is 9.62. The van der Waals surface area contributed by atoms with Crippen molar-refractivity contribution in [2.45, 2.75) is 52.9 Å². The fourth-order valence-corrected chi connectivity index (χ4v) is 1.34. The van der Waals surface area contributed by atoms with Crippen molar-refractivity contribution in [1.29, 1.82) is 0 Å². The van der Waals surface area contributed by atoms with Crippen LogP contribution in [0.15, 0.2) is 0 Å². The minimum Gasteiger partial charge on any atom is -0.466 e. The van der Waals surface area contributed by atoms with Crippen LogP contribution < -0.4 is 0 Å². The Morgan fingerprint density at radius 2 is 1.61 bits per heavy atom. The summed E-state index contributed by atoms with van der Waals surface area (Å²) in [7, 11) is 0. The summed E-state index contributed by atoms with van der Waals surface area (Å²) in [5, 5.41) is 0. The lowest BCUT2D eigenvalue weighted by molar-refractivity contribution is -0.158. The zero-order chi connectivity index (χ0) is 14.0. The van der Waals surface area contributed by atoms with Crippen LogP contribution in [0.5, 0.6) is 0 Å². The highest BCUT2D eigenvalue weighted by atomic mass is 16.6. The van der Waals surface area contributed by atoms with Crippen LogP contribution in [0.25, 0.3) is 0 Å². The third-order valence-electron chi connectivity index (χ3n) is 2.21. The predicted molar refractivity (Wildman–Crippen MR) is 65.7 cm³/mol. The Bertz CT molecular complexity index is 283. The topological polar surface area (TPSA) is 69.7 Å². The molecular formula is C13H22O5. The van der Waals surface area contributed by atoms with E-state index in [-0.39, 0.29) is 18.8 Å². The number of carbonyl (C=O) groups excluding carboxylic acids is 3. The molecule has 0 aliphatic carbocycles. The van der Waals surface area contributed by atoms with Gasteiger partial charge in [-0.3, -0.25) is 14.4 Å². The van der Waals surface area contributed by atoms with E-state index in [1.54, 1.807) is 0 Å². The molecule has 0 bridgehead atoms. The molecule has 104 valence electrons. The van der Waals surface area contributed by atoms with E-state index in [1.165, 1.54) is 6.92 Å². The molecule has 0 radical (unpaired) electrons. The van der Waals surface area contributed by atoms with Gasteiger partial charge in [-0.1, -0.05) is 13.8 Å². The monoisotopic (exact) mass is 258 g/mol.